The van der Waals surface area contributed by atoms with E-state index in [1.165, 1.54) is 5.56 Å². The number of hydrogen-bond acceptors (Lipinski definition) is 4. The number of methoxy groups -OCH3 is 1. The highest BCUT2D eigenvalue weighted by molar-refractivity contribution is 14.0. The molecule has 0 aliphatic heterocycles. The van der Waals surface area contributed by atoms with Crippen LogP contribution in [0, 0.1) is 0 Å². The predicted molar refractivity (Wildman–Crippen MR) is 106 cm³/mol. The van der Waals surface area contributed by atoms with Gasteiger partial charge in [-0.15, -0.1) is 24.0 Å². The van der Waals surface area contributed by atoms with Crippen molar-refractivity contribution in [2.75, 3.05) is 20.7 Å². The minimum absolute atomic E-state index is 0. The Morgan fingerprint density at radius 3 is 2.58 bits per heavy atom. The van der Waals surface area contributed by atoms with Crippen LogP contribution in [-0.4, -0.2) is 31.8 Å². The van der Waals surface area contributed by atoms with Crippen molar-refractivity contribution >= 4 is 29.9 Å². The van der Waals surface area contributed by atoms with E-state index in [0.29, 0.717) is 6.54 Å². The molecule has 0 atom stereocenters. The minimum Gasteiger partial charge on any atom is -0.497 e. The molecule has 0 amide bonds. The molecular formula is C17H25IN4O2. The zero-order valence-electron chi connectivity index (χ0n) is 14.3. The summed E-state index contributed by atoms with van der Waals surface area (Å²) in [5.41, 5.74) is 2.21. The first-order chi connectivity index (χ1) is 11.2. The third-order valence-corrected chi connectivity index (χ3v) is 3.49. The summed E-state index contributed by atoms with van der Waals surface area (Å²) in [5.74, 6) is 2.42. The van der Waals surface area contributed by atoms with E-state index in [4.69, 9.17) is 9.26 Å². The Hall–Kier alpha value is -1.77. The van der Waals surface area contributed by atoms with Gasteiger partial charge in [0, 0.05) is 19.7 Å². The number of guanidine groups is 1. The van der Waals surface area contributed by atoms with E-state index in [2.05, 4.69) is 39.8 Å². The zero-order chi connectivity index (χ0) is 16.5. The fraction of sp³-hybridized carbons (Fsp3) is 0.412. The summed E-state index contributed by atoms with van der Waals surface area (Å²) in [4.78, 5) is 4.20. The van der Waals surface area contributed by atoms with Crippen LogP contribution in [0.3, 0.4) is 0 Å². The number of benzene rings is 1. The van der Waals surface area contributed by atoms with Crippen molar-refractivity contribution in [3.8, 4) is 5.75 Å². The first-order valence-corrected chi connectivity index (χ1v) is 7.77. The van der Waals surface area contributed by atoms with E-state index < -0.39 is 0 Å². The van der Waals surface area contributed by atoms with Crippen LogP contribution < -0.4 is 15.4 Å². The fourth-order valence-electron chi connectivity index (χ4n) is 2.11. The van der Waals surface area contributed by atoms with Gasteiger partial charge < -0.3 is 19.9 Å². The Morgan fingerprint density at radius 1 is 1.25 bits per heavy atom. The Bertz CT molecular complexity index is 626. The number of aryl methyl sites for hydroxylation is 1. The second-order valence-electron chi connectivity index (χ2n) is 5.09. The van der Waals surface area contributed by atoms with Crippen LogP contribution >= 0.6 is 24.0 Å². The first-order valence-electron chi connectivity index (χ1n) is 7.77. The van der Waals surface area contributed by atoms with Crippen molar-refractivity contribution in [2.24, 2.45) is 4.99 Å². The van der Waals surface area contributed by atoms with E-state index in [1.807, 2.05) is 18.2 Å². The standard InChI is InChI=1S/C17H24N4O2.HI/c1-4-14-11-16(23-21-14)12-20-17(18-2)19-10-9-13-5-7-15(22-3)8-6-13;/h5-8,11H,4,9-10,12H2,1-3H3,(H2,18,19,20);1H. The summed E-state index contributed by atoms with van der Waals surface area (Å²) in [6, 6.07) is 10.0. The molecule has 0 aliphatic carbocycles. The van der Waals surface area contributed by atoms with Crippen LogP contribution in [-0.2, 0) is 19.4 Å². The maximum atomic E-state index is 5.24. The van der Waals surface area contributed by atoms with Gasteiger partial charge >= 0.3 is 0 Å². The smallest absolute Gasteiger partial charge is 0.191 e. The van der Waals surface area contributed by atoms with Crippen LogP contribution in [0.15, 0.2) is 39.8 Å². The molecule has 24 heavy (non-hydrogen) atoms. The van der Waals surface area contributed by atoms with Gasteiger partial charge in [-0.3, -0.25) is 4.99 Å². The van der Waals surface area contributed by atoms with Gasteiger partial charge in [-0.1, -0.05) is 24.2 Å². The number of aromatic nitrogens is 1. The van der Waals surface area contributed by atoms with Gasteiger partial charge in [0.05, 0.1) is 19.3 Å². The number of nitrogens with zero attached hydrogens (tertiary/aromatic N) is 2. The lowest BCUT2D eigenvalue weighted by atomic mass is 10.1. The molecule has 1 aromatic carbocycles. The highest BCUT2D eigenvalue weighted by Gasteiger charge is 2.04. The van der Waals surface area contributed by atoms with E-state index in [-0.39, 0.29) is 24.0 Å². The van der Waals surface area contributed by atoms with Gasteiger partial charge in [-0.25, -0.2) is 0 Å². The first kappa shape index (κ1) is 20.3. The summed E-state index contributed by atoms with van der Waals surface area (Å²) < 4.78 is 10.4. The van der Waals surface area contributed by atoms with Crippen LogP contribution in [0.5, 0.6) is 5.75 Å². The number of hydrogen-bond donors (Lipinski definition) is 2. The Labute approximate surface area is 160 Å². The van der Waals surface area contributed by atoms with Crippen molar-refractivity contribution < 1.29 is 9.26 Å². The topological polar surface area (TPSA) is 71.7 Å². The van der Waals surface area contributed by atoms with E-state index >= 15 is 0 Å². The molecule has 0 aliphatic rings. The molecule has 0 saturated carbocycles. The van der Waals surface area contributed by atoms with Gasteiger partial charge in [0.25, 0.3) is 0 Å². The van der Waals surface area contributed by atoms with Crippen LogP contribution in [0.2, 0.25) is 0 Å². The Morgan fingerprint density at radius 2 is 2.00 bits per heavy atom. The molecule has 0 fully saturated rings. The molecule has 0 spiro atoms. The van der Waals surface area contributed by atoms with Crippen LogP contribution in [0.1, 0.15) is 23.9 Å². The number of halogens is 1. The number of nitrogens with one attached hydrogen (secondary N) is 2. The second-order valence-corrected chi connectivity index (χ2v) is 5.09. The van der Waals surface area contributed by atoms with Crippen molar-refractivity contribution in [3.63, 3.8) is 0 Å². The van der Waals surface area contributed by atoms with E-state index in [9.17, 15) is 0 Å². The molecular weight excluding hydrogens is 419 g/mol. The monoisotopic (exact) mass is 444 g/mol. The molecule has 0 saturated heterocycles. The number of ether oxygens (including phenoxy) is 1. The van der Waals surface area contributed by atoms with Gasteiger partial charge in [0.1, 0.15) is 5.75 Å². The fourth-order valence-corrected chi connectivity index (χ4v) is 2.11. The molecule has 1 aromatic heterocycles. The SMILES string of the molecule is CCc1cc(CNC(=NC)NCCc2ccc(OC)cc2)on1.I. The van der Waals surface area contributed by atoms with Gasteiger partial charge in [0.2, 0.25) is 0 Å². The van der Waals surface area contributed by atoms with Gasteiger partial charge in [-0.05, 0) is 30.5 Å². The van der Waals surface area contributed by atoms with Crippen molar-refractivity contribution in [1.29, 1.82) is 0 Å². The summed E-state index contributed by atoms with van der Waals surface area (Å²) in [5, 5.41) is 10.5. The molecule has 132 valence electrons. The lowest BCUT2D eigenvalue weighted by molar-refractivity contribution is 0.374. The summed E-state index contributed by atoms with van der Waals surface area (Å²) in [7, 11) is 3.42. The highest BCUT2D eigenvalue weighted by Crippen LogP contribution is 2.11. The predicted octanol–water partition coefficient (Wildman–Crippen LogP) is 2.77. The molecule has 2 N–H and O–H groups in total. The quantitative estimate of drug-likeness (QED) is 0.391. The van der Waals surface area contributed by atoms with E-state index in [1.54, 1.807) is 14.2 Å². The van der Waals surface area contributed by atoms with Crippen molar-refractivity contribution in [3.05, 3.63) is 47.3 Å². The second kappa shape index (κ2) is 10.9. The average Bonchev–Trinajstić information content (AvgIpc) is 3.06. The van der Waals surface area contributed by atoms with Crippen LogP contribution in [0.4, 0.5) is 0 Å². The average molecular weight is 444 g/mol. The van der Waals surface area contributed by atoms with Crippen molar-refractivity contribution in [2.45, 2.75) is 26.3 Å². The third-order valence-electron chi connectivity index (χ3n) is 3.49. The maximum Gasteiger partial charge on any atom is 0.191 e. The zero-order valence-corrected chi connectivity index (χ0v) is 16.7. The van der Waals surface area contributed by atoms with E-state index in [0.717, 1.165) is 42.5 Å². The van der Waals surface area contributed by atoms with Crippen molar-refractivity contribution in [1.82, 2.24) is 15.8 Å². The molecule has 0 radical (unpaired) electrons. The Balaban J connectivity index is 0.00000288. The van der Waals surface area contributed by atoms with Gasteiger partial charge in [0.15, 0.2) is 11.7 Å². The minimum atomic E-state index is 0. The normalized spacial score (nSPS) is 10.9. The number of rotatable bonds is 7. The molecule has 6 nitrogen and oxygen atoms in total. The summed E-state index contributed by atoms with van der Waals surface area (Å²) in [6.45, 7) is 3.41. The highest BCUT2D eigenvalue weighted by atomic mass is 127. The molecule has 0 bridgehead atoms. The summed E-state index contributed by atoms with van der Waals surface area (Å²) >= 11 is 0. The number of aliphatic imine (C=N–C) groups is 1. The maximum absolute atomic E-state index is 5.24. The lowest BCUT2D eigenvalue weighted by Gasteiger charge is -2.10. The Kier molecular flexibility index (Phi) is 9.21. The largest absolute Gasteiger partial charge is 0.497 e. The third kappa shape index (κ3) is 6.38. The van der Waals surface area contributed by atoms with Crippen LogP contribution in [0.25, 0.3) is 0 Å². The summed E-state index contributed by atoms with van der Waals surface area (Å²) in [6.07, 6.45) is 1.78. The lowest BCUT2D eigenvalue weighted by Crippen LogP contribution is -2.37. The van der Waals surface area contributed by atoms with Gasteiger partial charge in [-0.2, -0.15) is 0 Å². The molecule has 2 aromatic rings. The molecule has 1 heterocycles. The molecule has 7 heteroatoms. The molecule has 0 unspecified atom stereocenters. The molecule has 2 rings (SSSR count).